The van der Waals surface area contributed by atoms with Gasteiger partial charge in [-0.1, -0.05) is 24.3 Å². The molecule has 0 radical (unpaired) electrons. The quantitative estimate of drug-likeness (QED) is 0.287. The highest BCUT2D eigenvalue weighted by Gasteiger charge is 2.23. The van der Waals surface area contributed by atoms with E-state index in [1.54, 1.807) is 24.7 Å². The van der Waals surface area contributed by atoms with Crippen molar-refractivity contribution < 1.29 is 9.53 Å². The molecule has 2 aromatic heterocycles. The average Bonchev–Trinajstić information content (AvgIpc) is 3.38. The minimum absolute atomic E-state index is 0.338. The lowest BCUT2D eigenvalue weighted by molar-refractivity contribution is 0.0952. The first-order valence-electron chi connectivity index (χ1n) is 11.7. The number of benzene rings is 2. The Hall–Kier alpha value is -3.89. The maximum absolute atomic E-state index is 12.9. The third-order valence-corrected chi connectivity index (χ3v) is 7.90. The van der Waals surface area contributed by atoms with Crippen LogP contribution in [0, 0.1) is 25.2 Å². The van der Waals surface area contributed by atoms with E-state index in [0.717, 1.165) is 57.6 Å². The van der Waals surface area contributed by atoms with Crippen molar-refractivity contribution in [2.45, 2.75) is 39.5 Å². The largest absolute Gasteiger partial charge is 0.496 e. The lowest BCUT2D eigenvalue weighted by Gasteiger charge is -2.10. The van der Waals surface area contributed by atoms with Gasteiger partial charge >= 0.3 is 0 Å². The summed E-state index contributed by atoms with van der Waals surface area (Å²) in [7, 11) is 1.55. The molecule has 0 saturated carbocycles. The van der Waals surface area contributed by atoms with Crippen LogP contribution in [-0.2, 0) is 12.8 Å². The smallest absolute Gasteiger partial charge is 0.275 e. The number of hydrogen-bond donors (Lipinski definition) is 1. The number of fused-ring (bicyclic) bond motifs is 2. The molecule has 1 amide bonds. The number of amides is 1. The predicted molar refractivity (Wildman–Crippen MR) is 140 cm³/mol. The van der Waals surface area contributed by atoms with Crippen molar-refractivity contribution >= 4 is 34.2 Å². The number of hydrazone groups is 1. The Morgan fingerprint density at radius 2 is 1.91 bits per heavy atom. The zero-order chi connectivity index (χ0) is 24.5. The fourth-order valence-corrected chi connectivity index (χ4v) is 6.29. The summed E-state index contributed by atoms with van der Waals surface area (Å²) in [6, 6.07) is 16.0. The molecule has 7 heteroatoms. The lowest BCUT2D eigenvalue weighted by atomic mass is 9.96. The first-order valence-corrected chi connectivity index (χ1v) is 12.5. The number of methoxy groups -OCH3 is 1. The molecule has 1 aliphatic rings. The molecule has 1 N–H and O–H groups in total. The van der Waals surface area contributed by atoms with E-state index in [1.165, 1.54) is 16.9 Å². The van der Waals surface area contributed by atoms with E-state index in [2.05, 4.69) is 21.2 Å². The molecule has 0 atom stereocenters. The van der Waals surface area contributed by atoms with Crippen molar-refractivity contribution in [3.05, 3.63) is 81.0 Å². The molecular formula is C28H26N4O2S. The van der Waals surface area contributed by atoms with Crippen molar-refractivity contribution in [1.82, 2.24) is 9.99 Å². The van der Waals surface area contributed by atoms with Gasteiger partial charge in [-0.05, 0) is 74.1 Å². The number of rotatable bonds is 5. The van der Waals surface area contributed by atoms with Gasteiger partial charge in [-0.25, -0.2) is 5.43 Å². The molecule has 0 saturated heterocycles. The summed E-state index contributed by atoms with van der Waals surface area (Å²) in [6.45, 7) is 4.05. The van der Waals surface area contributed by atoms with Gasteiger partial charge in [0, 0.05) is 21.8 Å². The Morgan fingerprint density at radius 1 is 1.17 bits per heavy atom. The van der Waals surface area contributed by atoms with Crippen LogP contribution in [0.2, 0.25) is 0 Å². The molecule has 35 heavy (non-hydrogen) atoms. The first kappa shape index (κ1) is 22.9. The van der Waals surface area contributed by atoms with Crippen LogP contribution in [0.1, 0.15) is 56.2 Å². The average molecular weight is 483 g/mol. The summed E-state index contributed by atoms with van der Waals surface area (Å²) >= 11 is 1.72. The highest BCUT2D eigenvalue weighted by Crippen LogP contribution is 2.38. The Balaban J connectivity index is 1.41. The summed E-state index contributed by atoms with van der Waals surface area (Å²) in [5.41, 5.74) is 7.99. The SMILES string of the molecule is COc1cc2ccccc2cc1C(=O)N/N=C\c1cc(C)n(-c2sc3c(c2C#N)CCCC3)c1C. The van der Waals surface area contributed by atoms with Gasteiger partial charge in [0.25, 0.3) is 5.91 Å². The molecule has 0 fully saturated rings. The van der Waals surface area contributed by atoms with E-state index in [9.17, 15) is 10.1 Å². The molecule has 0 aliphatic heterocycles. The fraction of sp³-hybridized carbons (Fsp3) is 0.250. The first-order chi connectivity index (χ1) is 17.0. The Labute approximate surface area is 208 Å². The number of aryl methyl sites for hydroxylation is 2. The third-order valence-electron chi connectivity index (χ3n) is 6.62. The summed E-state index contributed by atoms with van der Waals surface area (Å²) in [4.78, 5) is 14.2. The summed E-state index contributed by atoms with van der Waals surface area (Å²) in [5, 5.41) is 17.1. The second kappa shape index (κ2) is 9.40. The van der Waals surface area contributed by atoms with Crippen LogP contribution in [0.25, 0.3) is 15.8 Å². The van der Waals surface area contributed by atoms with Gasteiger partial charge < -0.3 is 9.30 Å². The van der Waals surface area contributed by atoms with Crippen LogP contribution >= 0.6 is 11.3 Å². The lowest BCUT2D eigenvalue weighted by Crippen LogP contribution is -2.18. The van der Waals surface area contributed by atoms with Crippen molar-refractivity contribution in [2.75, 3.05) is 7.11 Å². The van der Waals surface area contributed by atoms with Gasteiger partial charge in [0.1, 0.15) is 16.8 Å². The molecule has 0 spiro atoms. The minimum Gasteiger partial charge on any atom is -0.496 e. The Morgan fingerprint density at radius 3 is 2.66 bits per heavy atom. The molecule has 5 rings (SSSR count). The number of nitrogens with one attached hydrogen (secondary N) is 1. The van der Waals surface area contributed by atoms with Crippen LogP contribution in [0.3, 0.4) is 0 Å². The molecule has 0 bridgehead atoms. The van der Waals surface area contributed by atoms with Gasteiger partial charge in [0.05, 0.1) is 24.5 Å². The van der Waals surface area contributed by atoms with Gasteiger partial charge in [-0.15, -0.1) is 11.3 Å². The van der Waals surface area contributed by atoms with E-state index in [-0.39, 0.29) is 5.91 Å². The van der Waals surface area contributed by atoms with Crippen LogP contribution in [0.15, 0.2) is 47.6 Å². The number of nitriles is 1. The second-order valence-corrected chi connectivity index (χ2v) is 9.85. The van der Waals surface area contributed by atoms with Crippen LogP contribution in [-0.4, -0.2) is 23.8 Å². The maximum Gasteiger partial charge on any atom is 0.275 e. The van der Waals surface area contributed by atoms with E-state index >= 15 is 0 Å². The molecular weight excluding hydrogens is 456 g/mol. The van der Waals surface area contributed by atoms with Crippen LogP contribution < -0.4 is 10.2 Å². The molecule has 4 aromatic rings. The van der Waals surface area contributed by atoms with Crippen molar-refractivity contribution in [1.29, 1.82) is 5.26 Å². The van der Waals surface area contributed by atoms with Crippen molar-refractivity contribution in [3.63, 3.8) is 0 Å². The summed E-state index contributed by atoms with van der Waals surface area (Å²) in [5.74, 6) is 0.163. The zero-order valence-corrected chi connectivity index (χ0v) is 20.8. The molecule has 176 valence electrons. The monoisotopic (exact) mass is 482 g/mol. The van der Waals surface area contributed by atoms with E-state index in [0.29, 0.717) is 11.3 Å². The van der Waals surface area contributed by atoms with Crippen LogP contribution in [0.4, 0.5) is 0 Å². The van der Waals surface area contributed by atoms with Crippen molar-refractivity contribution in [3.8, 4) is 16.8 Å². The van der Waals surface area contributed by atoms with Gasteiger partial charge in [-0.3, -0.25) is 4.79 Å². The third kappa shape index (κ3) is 4.11. The Bertz CT molecular complexity index is 1520. The second-order valence-electron chi connectivity index (χ2n) is 8.76. The van der Waals surface area contributed by atoms with Gasteiger partial charge in [-0.2, -0.15) is 10.4 Å². The van der Waals surface area contributed by atoms with Crippen LogP contribution in [0.5, 0.6) is 5.75 Å². The van der Waals surface area contributed by atoms with E-state index < -0.39 is 0 Å². The normalized spacial score (nSPS) is 13.1. The predicted octanol–water partition coefficient (Wildman–Crippen LogP) is 5.83. The standard InChI is InChI=1S/C28H26N4O2S/c1-17-12-21(18(2)32(17)28-24(15-29)22-10-6-7-11-26(22)35-28)16-30-31-27(33)23-13-19-8-4-5-9-20(19)14-25(23)34-3/h4-5,8-9,12-14,16H,6-7,10-11H2,1-3H3,(H,31,33)/b30-16-. The van der Waals surface area contributed by atoms with E-state index in [4.69, 9.17) is 4.74 Å². The summed E-state index contributed by atoms with van der Waals surface area (Å²) in [6.07, 6.45) is 6.01. The Kier molecular flexibility index (Phi) is 6.14. The number of nitrogens with zero attached hydrogens (tertiary/aromatic N) is 3. The molecule has 0 unspecified atom stereocenters. The number of carbonyl (C=O) groups is 1. The topological polar surface area (TPSA) is 79.4 Å². The highest BCUT2D eigenvalue weighted by molar-refractivity contribution is 7.15. The number of carbonyl (C=O) groups excluding carboxylic acids is 1. The molecule has 2 heterocycles. The molecule has 6 nitrogen and oxygen atoms in total. The maximum atomic E-state index is 12.9. The molecule has 2 aromatic carbocycles. The van der Waals surface area contributed by atoms with Gasteiger partial charge in [0.2, 0.25) is 0 Å². The zero-order valence-electron chi connectivity index (χ0n) is 20.0. The highest BCUT2D eigenvalue weighted by atomic mass is 32.1. The van der Waals surface area contributed by atoms with E-state index in [1.807, 2.05) is 56.3 Å². The number of aromatic nitrogens is 1. The summed E-state index contributed by atoms with van der Waals surface area (Å²) < 4.78 is 7.58. The number of hydrogen-bond acceptors (Lipinski definition) is 5. The molecule has 1 aliphatic carbocycles. The fourth-order valence-electron chi connectivity index (χ4n) is 4.84. The van der Waals surface area contributed by atoms with Crippen molar-refractivity contribution in [2.24, 2.45) is 5.10 Å². The number of thiophene rings is 1. The number of ether oxygens (including phenoxy) is 1. The minimum atomic E-state index is -0.338. The van der Waals surface area contributed by atoms with Gasteiger partial charge in [0.15, 0.2) is 0 Å².